The van der Waals surface area contributed by atoms with Crippen LogP contribution in [0.1, 0.15) is 33.3 Å². The summed E-state index contributed by atoms with van der Waals surface area (Å²) in [6.45, 7) is 3.62. The predicted molar refractivity (Wildman–Crippen MR) is 67.8 cm³/mol. The molecule has 0 unspecified atom stereocenters. The van der Waals surface area contributed by atoms with Crippen LogP contribution in [0.3, 0.4) is 0 Å². The van der Waals surface area contributed by atoms with Crippen molar-refractivity contribution in [3.05, 3.63) is 40.8 Å². The molecule has 0 aliphatic heterocycles. The van der Waals surface area contributed by atoms with Crippen LogP contribution in [-0.4, -0.2) is 23.8 Å². The Labute approximate surface area is 109 Å². The summed E-state index contributed by atoms with van der Waals surface area (Å²) >= 11 is 0. The highest BCUT2D eigenvalue weighted by Gasteiger charge is 2.14. The molecule has 0 fully saturated rings. The van der Waals surface area contributed by atoms with Gasteiger partial charge in [-0.15, -0.1) is 0 Å². The predicted octanol–water partition coefficient (Wildman–Crippen LogP) is 2.67. The quantitative estimate of drug-likeness (QED) is 0.629. The molecule has 2 rings (SSSR count). The Morgan fingerprint density at radius 3 is 2.79 bits per heavy atom. The van der Waals surface area contributed by atoms with E-state index in [1.54, 1.807) is 19.9 Å². The third-order valence-electron chi connectivity index (χ3n) is 2.75. The lowest BCUT2D eigenvalue weighted by molar-refractivity contribution is 0.0525. The Hall–Kier alpha value is -2.30. The average Bonchev–Trinajstić information content (AvgIpc) is 2.37. The second-order valence-corrected chi connectivity index (χ2v) is 4.03. The molecular formula is C14H12FNO3. The molecule has 4 nitrogen and oxygen atoms in total. The van der Waals surface area contributed by atoms with Gasteiger partial charge in [0.2, 0.25) is 0 Å². The molecule has 98 valence electrons. The summed E-state index contributed by atoms with van der Waals surface area (Å²) in [5.41, 5.74) is 1.11. The largest absolute Gasteiger partial charge is 0.462 e. The zero-order valence-corrected chi connectivity index (χ0v) is 10.6. The SMILES string of the molecule is CCOC(=O)c1cc2cc(C=O)c(F)cc2nc1C. The number of nitrogens with zero attached hydrogens (tertiary/aromatic N) is 1. The van der Waals surface area contributed by atoms with Crippen molar-refractivity contribution in [2.45, 2.75) is 13.8 Å². The van der Waals surface area contributed by atoms with Gasteiger partial charge in [0.1, 0.15) is 5.82 Å². The topological polar surface area (TPSA) is 56.3 Å². The number of pyridine rings is 1. The molecule has 0 bridgehead atoms. The number of halogens is 1. The molecule has 0 radical (unpaired) electrons. The summed E-state index contributed by atoms with van der Waals surface area (Å²) in [5, 5.41) is 0.525. The molecule has 0 aliphatic carbocycles. The number of fused-ring (bicyclic) bond motifs is 1. The molecule has 0 amide bonds. The van der Waals surface area contributed by atoms with Gasteiger partial charge < -0.3 is 4.74 Å². The number of aromatic nitrogens is 1. The number of rotatable bonds is 3. The van der Waals surface area contributed by atoms with Crippen molar-refractivity contribution in [3.8, 4) is 0 Å². The van der Waals surface area contributed by atoms with E-state index in [9.17, 15) is 14.0 Å². The first-order chi connectivity index (χ1) is 9.06. The minimum atomic E-state index is -0.627. The molecule has 19 heavy (non-hydrogen) atoms. The van der Waals surface area contributed by atoms with E-state index in [0.717, 1.165) is 0 Å². The van der Waals surface area contributed by atoms with Crippen molar-refractivity contribution < 1.29 is 18.7 Å². The number of carbonyl (C=O) groups excluding carboxylic acids is 2. The molecule has 1 aromatic heterocycles. The van der Waals surface area contributed by atoms with Gasteiger partial charge in [-0.3, -0.25) is 9.78 Å². The number of aldehydes is 1. The van der Waals surface area contributed by atoms with E-state index in [1.807, 2.05) is 0 Å². The van der Waals surface area contributed by atoms with Gasteiger partial charge in [0, 0.05) is 11.5 Å². The number of ether oxygens (including phenoxy) is 1. The molecule has 0 saturated heterocycles. The van der Waals surface area contributed by atoms with Gasteiger partial charge in [0.15, 0.2) is 6.29 Å². The lowest BCUT2D eigenvalue weighted by Gasteiger charge is -2.07. The van der Waals surface area contributed by atoms with Gasteiger partial charge in [-0.1, -0.05) is 0 Å². The van der Waals surface area contributed by atoms with E-state index in [0.29, 0.717) is 28.4 Å². The lowest BCUT2D eigenvalue weighted by Crippen LogP contribution is -2.08. The summed E-state index contributed by atoms with van der Waals surface area (Å²) in [7, 11) is 0. The lowest BCUT2D eigenvalue weighted by atomic mass is 10.1. The van der Waals surface area contributed by atoms with Crippen LogP contribution in [0.15, 0.2) is 18.2 Å². The number of hydrogen-bond donors (Lipinski definition) is 0. The first kappa shape index (κ1) is 13.1. The summed E-state index contributed by atoms with van der Waals surface area (Å²) in [4.78, 5) is 26.6. The maximum Gasteiger partial charge on any atom is 0.339 e. The first-order valence-electron chi connectivity index (χ1n) is 5.80. The Morgan fingerprint density at radius 1 is 1.42 bits per heavy atom. The fourth-order valence-corrected chi connectivity index (χ4v) is 1.82. The summed E-state index contributed by atoms with van der Waals surface area (Å²) in [6.07, 6.45) is 0.429. The van der Waals surface area contributed by atoms with Crippen molar-refractivity contribution in [1.29, 1.82) is 0 Å². The van der Waals surface area contributed by atoms with Crippen molar-refractivity contribution in [1.82, 2.24) is 4.98 Å². The third-order valence-corrected chi connectivity index (χ3v) is 2.75. The maximum atomic E-state index is 13.5. The summed E-state index contributed by atoms with van der Waals surface area (Å²) in [5.74, 6) is -1.11. The van der Waals surface area contributed by atoms with Crippen molar-refractivity contribution in [2.24, 2.45) is 0 Å². The zero-order chi connectivity index (χ0) is 14.0. The van der Waals surface area contributed by atoms with Crippen LogP contribution in [0.25, 0.3) is 10.9 Å². The highest BCUT2D eigenvalue weighted by atomic mass is 19.1. The van der Waals surface area contributed by atoms with Crippen LogP contribution in [0.2, 0.25) is 0 Å². The standard InChI is InChI=1S/C14H12FNO3/c1-3-19-14(18)11-5-9-4-10(7-17)12(15)6-13(9)16-8(11)2/h4-7H,3H2,1-2H3. The van der Waals surface area contributed by atoms with Crippen molar-refractivity contribution in [2.75, 3.05) is 6.61 Å². The molecule has 5 heteroatoms. The number of benzene rings is 1. The van der Waals surface area contributed by atoms with Crippen LogP contribution < -0.4 is 0 Å². The molecule has 1 heterocycles. The summed E-state index contributed by atoms with van der Waals surface area (Å²) < 4.78 is 18.4. The van der Waals surface area contributed by atoms with E-state index >= 15 is 0 Å². The van der Waals surface area contributed by atoms with Crippen LogP contribution >= 0.6 is 0 Å². The normalized spacial score (nSPS) is 10.5. The Balaban J connectivity index is 2.63. The Kier molecular flexibility index (Phi) is 3.55. The zero-order valence-electron chi connectivity index (χ0n) is 10.6. The van der Waals surface area contributed by atoms with Crippen molar-refractivity contribution >= 4 is 23.2 Å². The van der Waals surface area contributed by atoms with Crippen molar-refractivity contribution in [3.63, 3.8) is 0 Å². The number of aryl methyl sites for hydroxylation is 1. The highest BCUT2D eigenvalue weighted by Crippen LogP contribution is 2.20. The maximum absolute atomic E-state index is 13.5. The molecule has 0 atom stereocenters. The van der Waals surface area contributed by atoms with Crippen LogP contribution in [0.4, 0.5) is 4.39 Å². The fourth-order valence-electron chi connectivity index (χ4n) is 1.82. The van der Waals surface area contributed by atoms with Gasteiger partial charge in [0.25, 0.3) is 0 Å². The molecular weight excluding hydrogens is 249 g/mol. The van der Waals surface area contributed by atoms with E-state index in [1.165, 1.54) is 12.1 Å². The first-order valence-corrected chi connectivity index (χ1v) is 5.80. The number of hydrogen-bond acceptors (Lipinski definition) is 4. The van der Waals surface area contributed by atoms with E-state index < -0.39 is 11.8 Å². The fraction of sp³-hybridized carbons (Fsp3) is 0.214. The summed E-state index contributed by atoms with van der Waals surface area (Å²) in [6, 6.07) is 4.11. The molecule has 0 N–H and O–H groups in total. The smallest absolute Gasteiger partial charge is 0.339 e. The molecule has 2 aromatic rings. The van der Waals surface area contributed by atoms with Gasteiger partial charge >= 0.3 is 5.97 Å². The minimum Gasteiger partial charge on any atom is -0.462 e. The third kappa shape index (κ3) is 2.45. The molecule has 0 saturated carbocycles. The van der Waals surface area contributed by atoms with Crippen LogP contribution in [0, 0.1) is 12.7 Å². The monoisotopic (exact) mass is 261 g/mol. The number of esters is 1. The van der Waals surface area contributed by atoms with Crippen LogP contribution in [-0.2, 0) is 4.74 Å². The second-order valence-electron chi connectivity index (χ2n) is 4.03. The Morgan fingerprint density at radius 2 is 2.16 bits per heavy atom. The van der Waals surface area contributed by atoms with E-state index in [2.05, 4.69) is 4.98 Å². The van der Waals surface area contributed by atoms with E-state index in [-0.39, 0.29) is 12.2 Å². The second kappa shape index (κ2) is 5.14. The molecule has 0 spiro atoms. The number of carbonyl (C=O) groups is 2. The molecule has 0 aliphatic rings. The van der Waals surface area contributed by atoms with Crippen LogP contribution in [0.5, 0.6) is 0 Å². The molecule has 1 aromatic carbocycles. The highest BCUT2D eigenvalue weighted by molar-refractivity contribution is 5.96. The van der Waals surface area contributed by atoms with Gasteiger partial charge in [-0.25, -0.2) is 9.18 Å². The van der Waals surface area contributed by atoms with E-state index in [4.69, 9.17) is 4.74 Å². The van der Waals surface area contributed by atoms with Gasteiger partial charge in [0.05, 0.1) is 28.9 Å². The van der Waals surface area contributed by atoms with Gasteiger partial charge in [-0.2, -0.15) is 0 Å². The Bertz CT molecular complexity index is 667. The minimum absolute atomic E-state index is 0.0621. The van der Waals surface area contributed by atoms with Gasteiger partial charge in [-0.05, 0) is 26.0 Å². The average molecular weight is 261 g/mol.